The Balaban J connectivity index is 1.43. The van der Waals surface area contributed by atoms with Gasteiger partial charge in [-0.25, -0.2) is 9.97 Å². The van der Waals surface area contributed by atoms with Gasteiger partial charge in [0.25, 0.3) is 5.91 Å². The van der Waals surface area contributed by atoms with Gasteiger partial charge in [-0.3, -0.25) is 4.79 Å². The average molecular weight is 378 g/mol. The molecule has 2 aromatic carbocycles. The van der Waals surface area contributed by atoms with Crippen molar-refractivity contribution in [3.05, 3.63) is 66.0 Å². The molecule has 1 aromatic heterocycles. The molecule has 0 spiro atoms. The van der Waals surface area contributed by atoms with Gasteiger partial charge in [0, 0.05) is 12.7 Å². The van der Waals surface area contributed by atoms with Gasteiger partial charge in [-0.05, 0) is 35.9 Å². The molecular formula is C20H18N4O4. The van der Waals surface area contributed by atoms with E-state index in [0.717, 1.165) is 11.3 Å². The van der Waals surface area contributed by atoms with Crippen LogP contribution < -0.4 is 24.8 Å². The van der Waals surface area contributed by atoms with Gasteiger partial charge < -0.3 is 24.8 Å². The molecule has 0 radical (unpaired) electrons. The second kappa shape index (κ2) is 7.83. The SMILES string of the molecule is COc1ccccc1NC(=O)c1ccnc(NCc2ccc3c(c2)OCO3)n1. The van der Waals surface area contributed by atoms with E-state index < -0.39 is 0 Å². The normalized spacial score (nSPS) is 11.8. The zero-order valence-corrected chi connectivity index (χ0v) is 15.1. The lowest BCUT2D eigenvalue weighted by Gasteiger charge is -2.10. The maximum Gasteiger partial charge on any atom is 0.274 e. The molecule has 0 saturated carbocycles. The van der Waals surface area contributed by atoms with Crippen molar-refractivity contribution in [1.29, 1.82) is 0 Å². The summed E-state index contributed by atoms with van der Waals surface area (Å²) in [6.45, 7) is 0.715. The Hall–Kier alpha value is -3.81. The molecule has 0 aliphatic carbocycles. The van der Waals surface area contributed by atoms with Crippen molar-refractivity contribution in [2.45, 2.75) is 6.54 Å². The number of nitrogens with zero attached hydrogens (tertiary/aromatic N) is 2. The number of aromatic nitrogens is 2. The first kappa shape index (κ1) is 17.6. The maximum atomic E-state index is 12.5. The van der Waals surface area contributed by atoms with E-state index in [2.05, 4.69) is 20.6 Å². The number of carbonyl (C=O) groups is 1. The van der Waals surface area contributed by atoms with Crippen LogP contribution in [-0.2, 0) is 6.54 Å². The maximum absolute atomic E-state index is 12.5. The molecule has 1 aliphatic heterocycles. The molecule has 0 unspecified atom stereocenters. The number of para-hydroxylation sites is 2. The van der Waals surface area contributed by atoms with Gasteiger partial charge >= 0.3 is 0 Å². The summed E-state index contributed by atoms with van der Waals surface area (Å²) in [5.74, 6) is 2.02. The fourth-order valence-electron chi connectivity index (χ4n) is 2.74. The summed E-state index contributed by atoms with van der Waals surface area (Å²) in [4.78, 5) is 21.0. The van der Waals surface area contributed by atoms with E-state index in [4.69, 9.17) is 14.2 Å². The van der Waals surface area contributed by atoms with Crippen LogP contribution in [0.25, 0.3) is 0 Å². The molecule has 2 heterocycles. The van der Waals surface area contributed by atoms with Crippen molar-refractivity contribution in [3.63, 3.8) is 0 Å². The molecule has 28 heavy (non-hydrogen) atoms. The zero-order valence-electron chi connectivity index (χ0n) is 15.1. The molecule has 2 N–H and O–H groups in total. The number of hydrogen-bond donors (Lipinski definition) is 2. The Morgan fingerprint density at radius 1 is 1.14 bits per heavy atom. The van der Waals surface area contributed by atoms with Crippen molar-refractivity contribution < 1.29 is 19.0 Å². The Kier molecular flexibility index (Phi) is 4.92. The Morgan fingerprint density at radius 3 is 2.89 bits per heavy atom. The number of methoxy groups -OCH3 is 1. The topological polar surface area (TPSA) is 94.6 Å². The highest BCUT2D eigenvalue weighted by Crippen LogP contribution is 2.32. The van der Waals surface area contributed by atoms with Crippen LogP contribution >= 0.6 is 0 Å². The number of amides is 1. The van der Waals surface area contributed by atoms with E-state index in [1.165, 1.54) is 6.20 Å². The quantitative estimate of drug-likeness (QED) is 0.681. The van der Waals surface area contributed by atoms with Gasteiger partial charge in [-0.15, -0.1) is 0 Å². The second-order valence-electron chi connectivity index (χ2n) is 5.96. The van der Waals surface area contributed by atoms with E-state index in [0.29, 0.717) is 29.7 Å². The third-order valence-corrected chi connectivity index (χ3v) is 4.13. The summed E-state index contributed by atoms with van der Waals surface area (Å²) < 4.78 is 15.9. The van der Waals surface area contributed by atoms with E-state index in [-0.39, 0.29) is 18.4 Å². The molecule has 0 atom stereocenters. The lowest BCUT2D eigenvalue weighted by atomic mass is 10.2. The number of fused-ring (bicyclic) bond motifs is 1. The third-order valence-electron chi connectivity index (χ3n) is 4.13. The number of anilines is 2. The summed E-state index contributed by atoms with van der Waals surface area (Å²) in [6.07, 6.45) is 1.53. The Bertz CT molecular complexity index is 1010. The lowest BCUT2D eigenvalue weighted by molar-refractivity contribution is 0.102. The van der Waals surface area contributed by atoms with E-state index in [1.54, 1.807) is 25.3 Å². The highest BCUT2D eigenvalue weighted by molar-refractivity contribution is 6.03. The van der Waals surface area contributed by atoms with Gasteiger partial charge in [0.1, 0.15) is 11.4 Å². The van der Waals surface area contributed by atoms with Crippen LogP contribution in [0.4, 0.5) is 11.6 Å². The summed E-state index contributed by atoms with van der Waals surface area (Å²) in [5, 5.41) is 5.91. The minimum atomic E-state index is -0.349. The predicted octanol–water partition coefficient (Wildman–Crippen LogP) is 3.08. The zero-order chi connectivity index (χ0) is 19.3. The molecule has 142 valence electrons. The number of rotatable bonds is 6. The van der Waals surface area contributed by atoms with Crippen molar-refractivity contribution >= 4 is 17.5 Å². The minimum absolute atomic E-state index is 0.235. The van der Waals surface area contributed by atoms with Gasteiger partial charge in [0.2, 0.25) is 12.7 Å². The van der Waals surface area contributed by atoms with Crippen molar-refractivity contribution in [2.24, 2.45) is 0 Å². The molecule has 8 heteroatoms. The number of carbonyl (C=O) groups excluding carboxylic acids is 1. The largest absolute Gasteiger partial charge is 0.495 e. The van der Waals surface area contributed by atoms with Crippen LogP contribution in [-0.4, -0.2) is 29.8 Å². The molecular weight excluding hydrogens is 360 g/mol. The second-order valence-corrected chi connectivity index (χ2v) is 5.96. The van der Waals surface area contributed by atoms with Crippen LogP contribution in [0.3, 0.4) is 0 Å². The summed E-state index contributed by atoms with van der Waals surface area (Å²) in [5.41, 5.74) is 1.80. The third kappa shape index (κ3) is 3.80. The summed E-state index contributed by atoms with van der Waals surface area (Å²) in [6, 6.07) is 14.4. The van der Waals surface area contributed by atoms with Gasteiger partial charge in [0.05, 0.1) is 12.8 Å². The number of ether oxygens (including phenoxy) is 3. The standard InChI is InChI=1S/C20H18N4O4/c1-26-16-5-3-2-4-14(16)23-19(25)15-8-9-21-20(24-15)22-11-13-6-7-17-18(10-13)28-12-27-17/h2-10H,11-12H2,1H3,(H,23,25)(H,21,22,24). The fourth-order valence-corrected chi connectivity index (χ4v) is 2.74. The molecule has 1 aliphatic rings. The number of benzene rings is 2. The first-order valence-electron chi connectivity index (χ1n) is 8.63. The van der Waals surface area contributed by atoms with Crippen LogP contribution in [0.2, 0.25) is 0 Å². The highest BCUT2D eigenvalue weighted by Gasteiger charge is 2.14. The fraction of sp³-hybridized carbons (Fsp3) is 0.150. The molecule has 4 rings (SSSR count). The Morgan fingerprint density at radius 2 is 2.00 bits per heavy atom. The first-order valence-corrected chi connectivity index (χ1v) is 8.63. The number of hydrogen-bond acceptors (Lipinski definition) is 7. The van der Waals surface area contributed by atoms with Crippen molar-refractivity contribution in [3.8, 4) is 17.2 Å². The highest BCUT2D eigenvalue weighted by atomic mass is 16.7. The van der Waals surface area contributed by atoms with Crippen LogP contribution in [0.15, 0.2) is 54.7 Å². The van der Waals surface area contributed by atoms with E-state index in [1.807, 2.05) is 30.3 Å². The van der Waals surface area contributed by atoms with Gasteiger partial charge in [-0.2, -0.15) is 0 Å². The van der Waals surface area contributed by atoms with Gasteiger partial charge in [-0.1, -0.05) is 18.2 Å². The molecule has 1 amide bonds. The predicted molar refractivity (Wildman–Crippen MR) is 103 cm³/mol. The minimum Gasteiger partial charge on any atom is -0.495 e. The molecule has 8 nitrogen and oxygen atoms in total. The molecule has 0 saturated heterocycles. The monoisotopic (exact) mass is 378 g/mol. The first-order chi connectivity index (χ1) is 13.7. The number of nitrogens with one attached hydrogen (secondary N) is 2. The van der Waals surface area contributed by atoms with Crippen LogP contribution in [0.5, 0.6) is 17.2 Å². The molecule has 3 aromatic rings. The average Bonchev–Trinajstić information content (AvgIpc) is 3.21. The van der Waals surface area contributed by atoms with Crippen molar-refractivity contribution in [1.82, 2.24) is 9.97 Å². The molecule has 0 fully saturated rings. The molecule has 0 bridgehead atoms. The smallest absolute Gasteiger partial charge is 0.274 e. The summed E-state index contributed by atoms with van der Waals surface area (Å²) in [7, 11) is 1.55. The Labute approximate surface area is 161 Å². The van der Waals surface area contributed by atoms with Crippen molar-refractivity contribution in [2.75, 3.05) is 24.5 Å². The van der Waals surface area contributed by atoms with E-state index >= 15 is 0 Å². The van der Waals surface area contributed by atoms with E-state index in [9.17, 15) is 4.79 Å². The van der Waals surface area contributed by atoms with Crippen LogP contribution in [0, 0.1) is 0 Å². The van der Waals surface area contributed by atoms with Crippen LogP contribution in [0.1, 0.15) is 16.1 Å². The van der Waals surface area contributed by atoms with Gasteiger partial charge in [0.15, 0.2) is 11.5 Å². The lowest BCUT2D eigenvalue weighted by Crippen LogP contribution is -2.15. The summed E-state index contributed by atoms with van der Waals surface area (Å²) >= 11 is 0.